The first-order valence-corrected chi connectivity index (χ1v) is 7.69. The molecule has 102 valence electrons. The van der Waals surface area contributed by atoms with E-state index in [0.29, 0.717) is 5.02 Å². The third-order valence-corrected chi connectivity index (χ3v) is 5.44. The van der Waals surface area contributed by atoms with E-state index < -0.39 is 17.2 Å². The van der Waals surface area contributed by atoms with Gasteiger partial charge in [0.05, 0.1) is 5.69 Å². The van der Waals surface area contributed by atoms with Gasteiger partial charge in [-0.15, -0.1) is 0 Å². The van der Waals surface area contributed by atoms with E-state index in [9.17, 15) is 9.47 Å². The number of hydrogen-bond donors (Lipinski definition) is 1. The SMILES string of the molecule is O=S1C2=C(CCCC2)[C@@H](OO)N1c1ccc(Cl)cc1. The van der Waals surface area contributed by atoms with E-state index in [-0.39, 0.29) is 0 Å². The van der Waals surface area contributed by atoms with Crippen molar-refractivity contribution in [3.05, 3.63) is 39.8 Å². The van der Waals surface area contributed by atoms with Crippen LogP contribution in [0.15, 0.2) is 34.7 Å². The van der Waals surface area contributed by atoms with Gasteiger partial charge in [0.25, 0.3) is 0 Å². The Labute approximate surface area is 119 Å². The van der Waals surface area contributed by atoms with Crippen LogP contribution in [0.2, 0.25) is 5.02 Å². The van der Waals surface area contributed by atoms with Crippen molar-refractivity contribution in [3.63, 3.8) is 0 Å². The minimum absolute atomic E-state index is 0.618. The van der Waals surface area contributed by atoms with Gasteiger partial charge in [0, 0.05) is 9.93 Å². The molecule has 0 radical (unpaired) electrons. The zero-order valence-corrected chi connectivity index (χ0v) is 11.8. The second-order valence-corrected chi connectivity index (χ2v) is 6.49. The van der Waals surface area contributed by atoms with Crippen molar-refractivity contribution in [3.8, 4) is 0 Å². The Kier molecular flexibility index (Phi) is 3.62. The molecule has 1 aliphatic carbocycles. The maximum absolute atomic E-state index is 12.5. The minimum atomic E-state index is -1.28. The van der Waals surface area contributed by atoms with E-state index in [4.69, 9.17) is 11.6 Å². The monoisotopic (exact) mass is 299 g/mol. The highest BCUT2D eigenvalue weighted by atomic mass is 35.5. The zero-order valence-electron chi connectivity index (χ0n) is 10.2. The highest BCUT2D eigenvalue weighted by molar-refractivity contribution is 7.90. The van der Waals surface area contributed by atoms with Crippen LogP contribution < -0.4 is 4.31 Å². The summed E-state index contributed by atoms with van der Waals surface area (Å²) in [6.07, 6.45) is 3.08. The van der Waals surface area contributed by atoms with Gasteiger partial charge in [-0.1, -0.05) is 11.6 Å². The number of anilines is 1. The molecule has 3 rings (SSSR count). The van der Waals surface area contributed by atoms with Crippen molar-refractivity contribution in [2.24, 2.45) is 0 Å². The lowest BCUT2D eigenvalue weighted by Crippen LogP contribution is -2.34. The number of hydrogen-bond acceptors (Lipinski definition) is 3. The Bertz CT molecular complexity index is 543. The predicted molar refractivity (Wildman–Crippen MR) is 75.1 cm³/mol. The summed E-state index contributed by atoms with van der Waals surface area (Å²) < 4.78 is 14.2. The normalized spacial score (nSPS) is 26.7. The Morgan fingerprint density at radius 1 is 1.26 bits per heavy atom. The summed E-state index contributed by atoms with van der Waals surface area (Å²) in [4.78, 5) is 5.49. The lowest BCUT2D eigenvalue weighted by Gasteiger charge is -2.24. The van der Waals surface area contributed by atoms with Gasteiger partial charge < -0.3 is 0 Å². The van der Waals surface area contributed by atoms with E-state index in [0.717, 1.165) is 41.8 Å². The average Bonchev–Trinajstić information content (AvgIpc) is 2.73. The highest BCUT2D eigenvalue weighted by Crippen LogP contribution is 2.41. The van der Waals surface area contributed by atoms with E-state index in [1.54, 1.807) is 28.6 Å². The molecule has 1 unspecified atom stereocenters. The quantitative estimate of drug-likeness (QED) is 0.672. The maximum atomic E-state index is 12.5. The first-order valence-electron chi connectivity index (χ1n) is 6.21. The third-order valence-electron chi connectivity index (χ3n) is 3.54. The number of nitrogens with zero attached hydrogens (tertiary/aromatic N) is 1. The Morgan fingerprint density at radius 3 is 2.63 bits per heavy atom. The van der Waals surface area contributed by atoms with Crippen LogP contribution in [0, 0.1) is 0 Å². The van der Waals surface area contributed by atoms with Crippen LogP contribution in [0.5, 0.6) is 0 Å². The first-order chi connectivity index (χ1) is 9.22. The summed E-state index contributed by atoms with van der Waals surface area (Å²) in [6, 6.07) is 7.04. The van der Waals surface area contributed by atoms with Gasteiger partial charge in [0.2, 0.25) is 0 Å². The zero-order chi connectivity index (χ0) is 13.4. The van der Waals surface area contributed by atoms with Crippen molar-refractivity contribution in [1.29, 1.82) is 0 Å². The molecule has 1 aromatic carbocycles. The lowest BCUT2D eigenvalue weighted by molar-refractivity contribution is -0.265. The van der Waals surface area contributed by atoms with Crippen LogP contribution in [0.25, 0.3) is 0 Å². The second kappa shape index (κ2) is 5.25. The molecule has 0 spiro atoms. The fourth-order valence-electron chi connectivity index (χ4n) is 2.63. The molecule has 1 aliphatic heterocycles. The number of allylic oxidation sites excluding steroid dienone is 1. The van der Waals surface area contributed by atoms with Crippen LogP contribution in [0.4, 0.5) is 5.69 Å². The summed E-state index contributed by atoms with van der Waals surface area (Å²) in [5.74, 6) is 0. The molecule has 4 nitrogen and oxygen atoms in total. The molecule has 2 aliphatic rings. The fourth-order valence-corrected chi connectivity index (χ4v) is 4.40. The molecule has 1 aromatic rings. The Morgan fingerprint density at radius 2 is 1.95 bits per heavy atom. The molecule has 19 heavy (non-hydrogen) atoms. The molecule has 0 bridgehead atoms. The van der Waals surface area contributed by atoms with E-state index in [1.807, 2.05) is 0 Å². The largest absolute Gasteiger partial charge is 0.254 e. The number of benzene rings is 1. The van der Waals surface area contributed by atoms with Crippen molar-refractivity contribution < 1.29 is 14.4 Å². The van der Waals surface area contributed by atoms with Gasteiger partial charge >= 0.3 is 0 Å². The van der Waals surface area contributed by atoms with Crippen molar-refractivity contribution in [2.45, 2.75) is 31.9 Å². The van der Waals surface area contributed by atoms with Crippen LogP contribution in [-0.4, -0.2) is 15.7 Å². The van der Waals surface area contributed by atoms with Gasteiger partial charge in [-0.3, -0.25) is 4.31 Å². The standard InChI is InChI=1S/C13H14ClNO3S/c14-9-5-7-10(8-6-9)15-13(18-16)11-3-1-2-4-12(11)19(15)17/h5-8,13,16H,1-4H2/t13-,19?/m1/s1. The molecule has 0 fully saturated rings. The van der Waals surface area contributed by atoms with Crippen LogP contribution in [-0.2, 0) is 15.9 Å². The van der Waals surface area contributed by atoms with Crippen molar-refractivity contribution >= 4 is 28.3 Å². The number of halogens is 1. The Balaban J connectivity index is 1.99. The van der Waals surface area contributed by atoms with Gasteiger partial charge in [-0.25, -0.2) is 14.4 Å². The fraction of sp³-hybridized carbons (Fsp3) is 0.385. The third kappa shape index (κ3) is 2.21. The van der Waals surface area contributed by atoms with Gasteiger partial charge in [-0.05, 0) is 55.5 Å². The molecule has 0 aromatic heterocycles. The first kappa shape index (κ1) is 13.1. The Hall–Kier alpha value is -0.880. The van der Waals surface area contributed by atoms with Gasteiger partial charge in [-0.2, -0.15) is 0 Å². The summed E-state index contributed by atoms with van der Waals surface area (Å²) in [5, 5.41) is 9.79. The van der Waals surface area contributed by atoms with Crippen LogP contribution >= 0.6 is 11.6 Å². The molecule has 0 amide bonds. The molecule has 0 saturated heterocycles. The summed E-state index contributed by atoms with van der Waals surface area (Å²) in [6.45, 7) is 0. The number of rotatable bonds is 2. The molecular formula is C13H14ClNO3S. The van der Waals surface area contributed by atoms with Crippen molar-refractivity contribution in [2.75, 3.05) is 4.31 Å². The summed E-state index contributed by atoms with van der Waals surface area (Å²) >= 11 is 5.86. The molecule has 0 saturated carbocycles. The summed E-state index contributed by atoms with van der Waals surface area (Å²) in [5.41, 5.74) is 1.69. The van der Waals surface area contributed by atoms with E-state index in [1.165, 1.54) is 0 Å². The summed E-state index contributed by atoms with van der Waals surface area (Å²) in [7, 11) is -1.28. The topological polar surface area (TPSA) is 49.8 Å². The smallest absolute Gasteiger partial charge is 0.199 e. The minimum Gasteiger partial charge on any atom is -0.254 e. The average molecular weight is 300 g/mol. The molecule has 2 atom stereocenters. The molecule has 6 heteroatoms. The highest BCUT2D eigenvalue weighted by Gasteiger charge is 2.41. The van der Waals surface area contributed by atoms with E-state index >= 15 is 0 Å². The second-order valence-electron chi connectivity index (χ2n) is 4.66. The van der Waals surface area contributed by atoms with Gasteiger partial charge in [0.1, 0.15) is 0 Å². The lowest BCUT2D eigenvalue weighted by atomic mass is 9.98. The predicted octanol–water partition coefficient (Wildman–Crippen LogP) is 3.47. The van der Waals surface area contributed by atoms with Crippen LogP contribution in [0.1, 0.15) is 25.7 Å². The van der Waals surface area contributed by atoms with E-state index in [2.05, 4.69) is 4.89 Å². The maximum Gasteiger partial charge on any atom is 0.199 e. The molecule has 1 heterocycles. The molecular weight excluding hydrogens is 286 g/mol. The van der Waals surface area contributed by atoms with Crippen LogP contribution in [0.3, 0.4) is 0 Å². The van der Waals surface area contributed by atoms with Gasteiger partial charge in [0.15, 0.2) is 17.2 Å². The molecule has 1 N–H and O–H groups in total. The van der Waals surface area contributed by atoms with Crippen molar-refractivity contribution in [1.82, 2.24) is 0 Å².